The first-order chi connectivity index (χ1) is 8.66. The summed E-state index contributed by atoms with van der Waals surface area (Å²) in [5.41, 5.74) is 0.110. The van der Waals surface area contributed by atoms with E-state index in [1.807, 2.05) is 11.8 Å². The maximum Gasteiger partial charge on any atom is 0.254 e. The summed E-state index contributed by atoms with van der Waals surface area (Å²) in [5, 5.41) is 3.29. The second-order valence-corrected chi connectivity index (χ2v) is 6.65. The summed E-state index contributed by atoms with van der Waals surface area (Å²) in [6.07, 6.45) is 3.62. The van der Waals surface area contributed by atoms with E-state index in [9.17, 15) is 9.18 Å². The van der Waals surface area contributed by atoms with Crippen LogP contribution in [-0.2, 0) is 0 Å². The lowest BCUT2D eigenvalue weighted by molar-refractivity contribution is 0.0949. The summed E-state index contributed by atoms with van der Waals surface area (Å²) >= 11 is 5.06. The van der Waals surface area contributed by atoms with Gasteiger partial charge in [0.25, 0.3) is 5.91 Å². The van der Waals surface area contributed by atoms with E-state index in [2.05, 4.69) is 21.2 Å². The molecule has 18 heavy (non-hydrogen) atoms. The fraction of sp³-hybridized carbons (Fsp3) is 0.462. The number of rotatable bonds is 3. The van der Waals surface area contributed by atoms with E-state index >= 15 is 0 Å². The molecule has 98 valence electrons. The normalized spacial score (nSPS) is 19.6. The monoisotopic (exact) mass is 331 g/mol. The van der Waals surface area contributed by atoms with Gasteiger partial charge >= 0.3 is 0 Å². The molecule has 1 aliphatic rings. The van der Waals surface area contributed by atoms with Gasteiger partial charge in [0.05, 0.1) is 5.56 Å². The zero-order chi connectivity index (χ0) is 13.0. The Morgan fingerprint density at radius 1 is 1.50 bits per heavy atom. The quantitative estimate of drug-likeness (QED) is 0.916. The molecular weight excluding hydrogens is 317 g/mol. The molecule has 1 saturated heterocycles. The van der Waals surface area contributed by atoms with Crippen LogP contribution in [0.5, 0.6) is 0 Å². The molecule has 1 unspecified atom stereocenters. The van der Waals surface area contributed by atoms with E-state index < -0.39 is 5.82 Å². The minimum absolute atomic E-state index is 0.110. The summed E-state index contributed by atoms with van der Waals surface area (Å²) in [6, 6.07) is 4.49. The average molecular weight is 332 g/mol. The smallest absolute Gasteiger partial charge is 0.254 e. The molecule has 0 aliphatic carbocycles. The molecule has 1 amide bonds. The van der Waals surface area contributed by atoms with Gasteiger partial charge in [-0.15, -0.1) is 0 Å². The Kier molecular flexibility index (Phi) is 5.06. The third-order valence-corrected chi connectivity index (χ3v) is 4.83. The number of thioether (sulfide) groups is 1. The molecule has 1 fully saturated rings. The Hall–Kier alpha value is -0.550. The Bertz CT molecular complexity index is 435. The maximum absolute atomic E-state index is 13.6. The van der Waals surface area contributed by atoms with E-state index in [1.165, 1.54) is 25.0 Å². The number of halogens is 2. The standard InChI is InChI=1S/C13H15BrFNOS/c14-9-4-5-11(12(15)7-9)13(17)16-8-10-3-1-2-6-18-10/h4-5,7,10H,1-3,6,8H2,(H,16,17). The van der Waals surface area contributed by atoms with Crippen molar-refractivity contribution >= 4 is 33.6 Å². The van der Waals surface area contributed by atoms with Crippen LogP contribution in [0.4, 0.5) is 4.39 Å². The molecule has 1 N–H and O–H groups in total. The lowest BCUT2D eigenvalue weighted by Crippen LogP contribution is -2.32. The molecule has 1 aliphatic heterocycles. The van der Waals surface area contributed by atoms with E-state index in [0.717, 1.165) is 12.2 Å². The minimum Gasteiger partial charge on any atom is -0.351 e. The van der Waals surface area contributed by atoms with Crippen molar-refractivity contribution in [2.75, 3.05) is 12.3 Å². The minimum atomic E-state index is -0.488. The summed E-state index contributed by atoms with van der Waals surface area (Å²) in [5.74, 6) is 0.344. The predicted octanol–water partition coefficient (Wildman–Crippen LogP) is 3.60. The van der Waals surface area contributed by atoms with Gasteiger partial charge in [0, 0.05) is 16.3 Å². The largest absolute Gasteiger partial charge is 0.351 e. The van der Waals surface area contributed by atoms with Crippen molar-refractivity contribution in [2.24, 2.45) is 0 Å². The molecule has 2 nitrogen and oxygen atoms in total. The van der Waals surface area contributed by atoms with Crippen LogP contribution in [0.25, 0.3) is 0 Å². The highest BCUT2D eigenvalue weighted by molar-refractivity contribution is 9.10. The summed E-state index contributed by atoms with van der Waals surface area (Å²) in [7, 11) is 0. The van der Waals surface area contributed by atoms with Gasteiger partial charge in [-0.25, -0.2) is 4.39 Å². The van der Waals surface area contributed by atoms with Crippen molar-refractivity contribution in [3.05, 3.63) is 34.1 Å². The third-order valence-electron chi connectivity index (χ3n) is 2.94. The number of benzene rings is 1. The van der Waals surface area contributed by atoms with Crippen LogP contribution >= 0.6 is 27.7 Å². The number of carbonyl (C=O) groups excluding carboxylic acids is 1. The second kappa shape index (κ2) is 6.57. The van der Waals surface area contributed by atoms with Gasteiger partial charge in [-0.05, 0) is 36.8 Å². The Labute approximate surface area is 119 Å². The molecule has 1 heterocycles. The SMILES string of the molecule is O=C(NCC1CCCCS1)c1ccc(Br)cc1F. The Morgan fingerprint density at radius 3 is 3.00 bits per heavy atom. The molecule has 0 saturated carbocycles. The highest BCUT2D eigenvalue weighted by Crippen LogP contribution is 2.24. The topological polar surface area (TPSA) is 29.1 Å². The first-order valence-electron chi connectivity index (χ1n) is 6.01. The predicted molar refractivity (Wildman–Crippen MR) is 76.5 cm³/mol. The fourth-order valence-electron chi connectivity index (χ4n) is 1.94. The second-order valence-electron chi connectivity index (χ2n) is 4.32. The summed E-state index contributed by atoms with van der Waals surface area (Å²) < 4.78 is 14.2. The van der Waals surface area contributed by atoms with E-state index in [-0.39, 0.29) is 11.5 Å². The molecule has 5 heteroatoms. The van der Waals surface area contributed by atoms with Crippen LogP contribution in [0.1, 0.15) is 29.6 Å². The van der Waals surface area contributed by atoms with Crippen molar-refractivity contribution in [3.63, 3.8) is 0 Å². The molecule has 0 spiro atoms. The number of nitrogens with one attached hydrogen (secondary N) is 1. The zero-order valence-electron chi connectivity index (χ0n) is 9.92. The van der Waals surface area contributed by atoms with E-state index in [0.29, 0.717) is 16.3 Å². The van der Waals surface area contributed by atoms with Gasteiger partial charge in [-0.3, -0.25) is 4.79 Å². The Morgan fingerprint density at radius 2 is 2.33 bits per heavy atom. The van der Waals surface area contributed by atoms with Gasteiger partial charge in [0.2, 0.25) is 0 Å². The summed E-state index contributed by atoms with van der Waals surface area (Å²) in [4.78, 5) is 11.8. The average Bonchev–Trinajstić information content (AvgIpc) is 2.37. The number of hydrogen-bond donors (Lipinski definition) is 1. The first-order valence-corrected chi connectivity index (χ1v) is 7.86. The van der Waals surface area contributed by atoms with Gasteiger partial charge < -0.3 is 5.32 Å². The zero-order valence-corrected chi connectivity index (χ0v) is 12.3. The van der Waals surface area contributed by atoms with Crippen molar-refractivity contribution in [1.29, 1.82) is 0 Å². The third kappa shape index (κ3) is 3.72. The van der Waals surface area contributed by atoms with E-state index in [4.69, 9.17) is 0 Å². The fourth-order valence-corrected chi connectivity index (χ4v) is 3.52. The van der Waals surface area contributed by atoms with E-state index in [1.54, 1.807) is 6.07 Å². The Balaban J connectivity index is 1.90. The van der Waals surface area contributed by atoms with Crippen molar-refractivity contribution < 1.29 is 9.18 Å². The van der Waals surface area contributed by atoms with Crippen LogP contribution < -0.4 is 5.32 Å². The molecule has 1 aromatic rings. The molecule has 0 radical (unpaired) electrons. The van der Waals surface area contributed by atoms with Crippen LogP contribution in [-0.4, -0.2) is 23.5 Å². The molecule has 0 bridgehead atoms. The molecule has 1 aromatic carbocycles. The number of amides is 1. The van der Waals surface area contributed by atoms with Gasteiger partial charge in [0.1, 0.15) is 5.82 Å². The number of hydrogen-bond acceptors (Lipinski definition) is 2. The van der Waals surface area contributed by atoms with Gasteiger partial charge in [-0.1, -0.05) is 22.4 Å². The van der Waals surface area contributed by atoms with Crippen LogP contribution in [0.15, 0.2) is 22.7 Å². The highest BCUT2D eigenvalue weighted by Gasteiger charge is 2.17. The van der Waals surface area contributed by atoms with Crippen LogP contribution in [0, 0.1) is 5.82 Å². The van der Waals surface area contributed by atoms with Crippen molar-refractivity contribution in [3.8, 4) is 0 Å². The highest BCUT2D eigenvalue weighted by atomic mass is 79.9. The molecular formula is C13H15BrFNOS. The van der Waals surface area contributed by atoms with Crippen LogP contribution in [0.3, 0.4) is 0 Å². The van der Waals surface area contributed by atoms with Gasteiger partial charge in [0.15, 0.2) is 0 Å². The van der Waals surface area contributed by atoms with Crippen molar-refractivity contribution in [1.82, 2.24) is 5.32 Å². The van der Waals surface area contributed by atoms with Gasteiger partial charge in [-0.2, -0.15) is 11.8 Å². The van der Waals surface area contributed by atoms with Crippen molar-refractivity contribution in [2.45, 2.75) is 24.5 Å². The number of carbonyl (C=O) groups is 1. The lowest BCUT2D eigenvalue weighted by atomic mass is 10.1. The maximum atomic E-state index is 13.6. The van der Waals surface area contributed by atoms with Crippen LogP contribution in [0.2, 0.25) is 0 Å². The first kappa shape index (κ1) is 13.9. The lowest BCUT2D eigenvalue weighted by Gasteiger charge is -2.21. The molecule has 0 aromatic heterocycles. The summed E-state index contributed by atoms with van der Waals surface area (Å²) in [6.45, 7) is 0.624. The molecule has 2 rings (SSSR count). The molecule has 1 atom stereocenters.